The van der Waals surface area contributed by atoms with Crippen molar-refractivity contribution < 1.29 is 14.7 Å². The second-order valence-corrected chi connectivity index (χ2v) is 7.32. The third-order valence-electron chi connectivity index (χ3n) is 5.40. The van der Waals surface area contributed by atoms with Crippen LogP contribution in [0.25, 0.3) is 0 Å². The van der Waals surface area contributed by atoms with Crippen molar-refractivity contribution in [3.8, 4) is 5.75 Å². The normalized spacial score (nSPS) is 15.6. The molecule has 140 valence electrons. The zero-order valence-corrected chi connectivity index (χ0v) is 16.1. The maximum atomic E-state index is 13.5. The standard InChI is InChI=1S/C24H21NO3/c1-14-8-10-17(11-9-14)25-22(18-6-4-5-7-19(18)24(25)28)23(27)20-12-15(2)16(3)13-21(20)26/h4-13,22,26H,1-3H3/t22-/m1/s1. The minimum atomic E-state index is -0.806. The Labute approximate surface area is 164 Å². The Morgan fingerprint density at radius 1 is 0.929 bits per heavy atom. The molecular weight excluding hydrogens is 350 g/mol. The number of phenolic OH excluding ortho intramolecular Hbond substituents is 1. The number of rotatable bonds is 3. The number of aryl methyl sites for hydroxylation is 3. The van der Waals surface area contributed by atoms with Crippen LogP contribution in [0.3, 0.4) is 0 Å². The molecule has 4 heteroatoms. The number of hydrogen-bond acceptors (Lipinski definition) is 3. The third-order valence-corrected chi connectivity index (χ3v) is 5.40. The lowest BCUT2D eigenvalue weighted by Gasteiger charge is -2.25. The molecule has 0 saturated carbocycles. The van der Waals surface area contributed by atoms with Gasteiger partial charge in [-0.3, -0.25) is 14.5 Å². The first kappa shape index (κ1) is 18.0. The van der Waals surface area contributed by atoms with Gasteiger partial charge in [-0.1, -0.05) is 35.9 Å². The van der Waals surface area contributed by atoms with Gasteiger partial charge in [0, 0.05) is 11.3 Å². The molecule has 1 amide bonds. The smallest absolute Gasteiger partial charge is 0.259 e. The molecule has 1 aliphatic heterocycles. The first-order valence-corrected chi connectivity index (χ1v) is 9.22. The van der Waals surface area contributed by atoms with Crippen molar-refractivity contribution in [3.05, 3.63) is 94.0 Å². The molecule has 1 atom stereocenters. The fraction of sp³-hybridized carbons (Fsp3) is 0.167. The summed E-state index contributed by atoms with van der Waals surface area (Å²) in [6.45, 7) is 5.76. The lowest BCUT2D eigenvalue weighted by atomic mass is 9.94. The number of Topliss-reactive ketones (excluding diaryl/α,β-unsaturated/α-hetero) is 1. The number of aromatic hydroxyl groups is 1. The Morgan fingerprint density at radius 2 is 1.57 bits per heavy atom. The number of hydrogen-bond donors (Lipinski definition) is 1. The van der Waals surface area contributed by atoms with Gasteiger partial charge < -0.3 is 5.11 Å². The molecule has 0 unspecified atom stereocenters. The highest BCUT2D eigenvalue weighted by molar-refractivity contribution is 6.19. The van der Waals surface area contributed by atoms with Crippen LogP contribution >= 0.6 is 0 Å². The van der Waals surface area contributed by atoms with E-state index in [1.807, 2.05) is 57.2 Å². The van der Waals surface area contributed by atoms with Gasteiger partial charge in [-0.15, -0.1) is 0 Å². The molecule has 0 saturated heterocycles. The van der Waals surface area contributed by atoms with Crippen molar-refractivity contribution >= 4 is 17.4 Å². The number of phenols is 1. The second-order valence-electron chi connectivity index (χ2n) is 7.32. The molecule has 1 N–H and O–H groups in total. The summed E-state index contributed by atoms with van der Waals surface area (Å²) in [5.74, 6) is -0.561. The molecule has 28 heavy (non-hydrogen) atoms. The van der Waals surface area contributed by atoms with Gasteiger partial charge in [0.15, 0.2) is 5.78 Å². The first-order valence-electron chi connectivity index (χ1n) is 9.22. The molecule has 3 aromatic rings. The zero-order chi connectivity index (χ0) is 20.0. The van der Waals surface area contributed by atoms with E-state index in [9.17, 15) is 14.7 Å². The fourth-order valence-corrected chi connectivity index (χ4v) is 3.69. The minimum Gasteiger partial charge on any atom is -0.507 e. The molecule has 1 aliphatic rings. The molecule has 1 heterocycles. The third kappa shape index (κ3) is 2.78. The van der Waals surface area contributed by atoms with Crippen LogP contribution in [0.5, 0.6) is 5.75 Å². The van der Waals surface area contributed by atoms with Crippen LogP contribution < -0.4 is 4.90 Å². The molecule has 0 aromatic heterocycles. The second kappa shape index (κ2) is 6.64. The average Bonchev–Trinajstić information content (AvgIpc) is 2.98. The molecule has 0 spiro atoms. The van der Waals surface area contributed by atoms with E-state index in [2.05, 4.69) is 0 Å². The Kier molecular flexibility index (Phi) is 4.27. The Balaban J connectivity index is 1.88. The van der Waals surface area contributed by atoms with E-state index in [1.165, 1.54) is 4.90 Å². The topological polar surface area (TPSA) is 57.6 Å². The van der Waals surface area contributed by atoms with Gasteiger partial charge in [0.1, 0.15) is 11.8 Å². The van der Waals surface area contributed by atoms with Crippen molar-refractivity contribution in [1.29, 1.82) is 0 Å². The molecule has 0 aliphatic carbocycles. The number of amides is 1. The number of ketones is 1. The maximum absolute atomic E-state index is 13.5. The van der Waals surface area contributed by atoms with E-state index < -0.39 is 6.04 Å². The summed E-state index contributed by atoms with van der Waals surface area (Å²) in [6.07, 6.45) is 0. The summed E-state index contributed by atoms with van der Waals surface area (Å²) in [7, 11) is 0. The Bertz CT molecular complexity index is 1100. The Morgan fingerprint density at radius 3 is 2.29 bits per heavy atom. The molecular formula is C24H21NO3. The monoisotopic (exact) mass is 371 g/mol. The van der Waals surface area contributed by atoms with Crippen LogP contribution in [0.15, 0.2) is 60.7 Å². The number of carbonyl (C=O) groups excluding carboxylic acids is 2. The van der Waals surface area contributed by atoms with Gasteiger partial charge in [-0.25, -0.2) is 0 Å². The lowest BCUT2D eigenvalue weighted by molar-refractivity contribution is 0.0914. The van der Waals surface area contributed by atoms with E-state index in [0.717, 1.165) is 16.7 Å². The number of benzene rings is 3. The SMILES string of the molecule is Cc1ccc(N2C(=O)c3ccccc3[C@@H]2C(=O)c2cc(C)c(C)cc2O)cc1. The highest BCUT2D eigenvalue weighted by atomic mass is 16.3. The van der Waals surface area contributed by atoms with E-state index in [0.29, 0.717) is 16.8 Å². The number of fused-ring (bicyclic) bond motifs is 1. The highest BCUT2D eigenvalue weighted by Crippen LogP contribution is 2.40. The van der Waals surface area contributed by atoms with Crippen LogP contribution in [-0.2, 0) is 0 Å². The van der Waals surface area contributed by atoms with Gasteiger partial charge >= 0.3 is 0 Å². The van der Waals surface area contributed by atoms with Crippen molar-refractivity contribution in [3.63, 3.8) is 0 Å². The quantitative estimate of drug-likeness (QED) is 0.666. The van der Waals surface area contributed by atoms with Gasteiger partial charge in [-0.05, 0) is 67.8 Å². The predicted molar refractivity (Wildman–Crippen MR) is 109 cm³/mol. The van der Waals surface area contributed by atoms with Crippen molar-refractivity contribution in [2.75, 3.05) is 4.90 Å². The maximum Gasteiger partial charge on any atom is 0.259 e. The molecule has 0 fully saturated rings. The number of carbonyl (C=O) groups is 2. The molecule has 0 bridgehead atoms. The van der Waals surface area contributed by atoms with Crippen LogP contribution in [0.4, 0.5) is 5.69 Å². The largest absolute Gasteiger partial charge is 0.507 e. The van der Waals surface area contributed by atoms with E-state index >= 15 is 0 Å². The molecule has 0 radical (unpaired) electrons. The van der Waals surface area contributed by atoms with Gasteiger partial charge in [-0.2, -0.15) is 0 Å². The molecule has 3 aromatic carbocycles. The van der Waals surface area contributed by atoms with Crippen LogP contribution in [0.1, 0.15) is 49.0 Å². The number of anilines is 1. The average molecular weight is 371 g/mol. The van der Waals surface area contributed by atoms with Crippen molar-refractivity contribution in [2.45, 2.75) is 26.8 Å². The molecule has 4 rings (SSSR count). The molecule has 4 nitrogen and oxygen atoms in total. The Hall–Kier alpha value is -3.40. The van der Waals surface area contributed by atoms with E-state index in [4.69, 9.17) is 0 Å². The van der Waals surface area contributed by atoms with Crippen LogP contribution in [-0.4, -0.2) is 16.8 Å². The predicted octanol–water partition coefficient (Wildman–Crippen LogP) is 4.90. The summed E-state index contributed by atoms with van der Waals surface area (Å²) in [6, 6.07) is 17.2. The van der Waals surface area contributed by atoms with Crippen LogP contribution in [0.2, 0.25) is 0 Å². The minimum absolute atomic E-state index is 0.0613. The first-order chi connectivity index (χ1) is 13.4. The summed E-state index contributed by atoms with van der Waals surface area (Å²) in [5, 5.41) is 10.4. The van der Waals surface area contributed by atoms with E-state index in [-0.39, 0.29) is 23.0 Å². The highest BCUT2D eigenvalue weighted by Gasteiger charge is 2.42. The fourth-order valence-electron chi connectivity index (χ4n) is 3.69. The van der Waals surface area contributed by atoms with Crippen molar-refractivity contribution in [1.82, 2.24) is 0 Å². The van der Waals surface area contributed by atoms with Crippen LogP contribution in [0, 0.1) is 20.8 Å². The summed E-state index contributed by atoms with van der Waals surface area (Å²) >= 11 is 0. The van der Waals surface area contributed by atoms with E-state index in [1.54, 1.807) is 24.3 Å². The van der Waals surface area contributed by atoms with Gasteiger partial charge in [0.05, 0.1) is 5.56 Å². The summed E-state index contributed by atoms with van der Waals surface area (Å²) in [5.41, 5.74) is 4.97. The summed E-state index contributed by atoms with van der Waals surface area (Å²) < 4.78 is 0. The van der Waals surface area contributed by atoms with Gasteiger partial charge in [0.25, 0.3) is 5.91 Å². The zero-order valence-electron chi connectivity index (χ0n) is 16.1. The number of nitrogens with zero attached hydrogens (tertiary/aromatic N) is 1. The lowest BCUT2D eigenvalue weighted by Crippen LogP contribution is -2.32. The van der Waals surface area contributed by atoms with Gasteiger partial charge in [0.2, 0.25) is 0 Å². The van der Waals surface area contributed by atoms with Crippen molar-refractivity contribution in [2.24, 2.45) is 0 Å². The summed E-state index contributed by atoms with van der Waals surface area (Å²) in [4.78, 5) is 28.2.